The van der Waals surface area contributed by atoms with Crippen LogP contribution in [0.25, 0.3) is 0 Å². The molecule has 0 aliphatic heterocycles. The molecule has 0 spiro atoms. The molecular weight excluding hydrogens is 278 g/mol. The van der Waals surface area contributed by atoms with Gasteiger partial charge in [-0.25, -0.2) is 4.98 Å². The van der Waals surface area contributed by atoms with Crippen LogP contribution in [0.15, 0.2) is 36.5 Å². The third-order valence-corrected chi connectivity index (χ3v) is 3.16. The van der Waals surface area contributed by atoms with Crippen molar-refractivity contribution in [1.82, 2.24) is 4.98 Å². The summed E-state index contributed by atoms with van der Waals surface area (Å²) in [5, 5.41) is 7.22. The molecule has 0 aliphatic rings. The quantitative estimate of drug-likeness (QED) is 0.815. The molecule has 0 atom stereocenters. The van der Waals surface area contributed by atoms with Crippen molar-refractivity contribution in [3.8, 4) is 0 Å². The largest absolute Gasteiger partial charge is 0.332 e. The summed E-state index contributed by atoms with van der Waals surface area (Å²) in [6, 6.07) is 9.64. The summed E-state index contributed by atoms with van der Waals surface area (Å²) < 4.78 is 0. The molecule has 19 heavy (non-hydrogen) atoms. The molecule has 2 rings (SSSR count). The normalized spacial score (nSPS) is 10.1. The fraction of sp³-hybridized carbons (Fsp3) is 0.143. The summed E-state index contributed by atoms with van der Waals surface area (Å²) in [7, 11) is 0. The van der Waals surface area contributed by atoms with Crippen LogP contribution in [0.5, 0.6) is 0 Å². The van der Waals surface area contributed by atoms with Crippen molar-refractivity contribution in [1.29, 1.82) is 0 Å². The molecule has 5 heteroatoms. The van der Waals surface area contributed by atoms with Crippen LogP contribution < -0.4 is 10.6 Å². The van der Waals surface area contributed by atoms with Gasteiger partial charge in [0.2, 0.25) is 0 Å². The molecule has 0 saturated heterocycles. The Kier molecular flexibility index (Phi) is 4.35. The number of aryl methyl sites for hydroxylation is 2. The molecule has 0 fully saturated rings. The van der Waals surface area contributed by atoms with Gasteiger partial charge in [-0.1, -0.05) is 17.7 Å². The Hall–Kier alpha value is -1.65. The molecule has 98 valence electrons. The molecule has 0 bridgehead atoms. The Morgan fingerprint density at radius 2 is 1.89 bits per heavy atom. The van der Waals surface area contributed by atoms with Gasteiger partial charge in [-0.2, -0.15) is 0 Å². The van der Waals surface area contributed by atoms with E-state index in [1.165, 1.54) is 11.1 Å². The third-order valence-electron chi connectivity index (χ3n) is 2.73. The molecule has 1 aromatic heterocycles. The van der Waals surface area contributed by atoms with Gasteiger partial charge in [-0.15, -0.1) is 0 Å². The van der Waals surface area contributed by atoms with E-state index in [1.54, 1.807) is 18.3 Å². The van der Waals surface area contributed by atoms with Gasteiger partial charge in [0.15, 0.2) is 5.11 Å². The molecular formula is C14H14ClN3S. The van der Waals surface area contributed by atoms with E-state index in [-0.39, 0.29) is 0 Å². The highest BCUT2D eigenvalue weighted by Crippen LogP contribution is 2.15. The van der Waals surface area contributed by atoms with Crippen molar-refractivity contribution in [3.63, 3.8) is 0 Å². The van der Waals surface area contributed by atoms with Gasteiger partial charge in [0, 0.05) is 11.9 Å². The highest BCUT2D eigenvalue weighted by Gasteiger charge is 2.01. The van der Waals surface area contributed by atoms with E-state index >= 15 is 0 Å². The van der Waals surface area contributed by atoms with Gasteiger partial charge >= 0.3 is 0 Å². The van der Waals surface area contributed by atoms with Crippen LogP contribution in [0.2, 0.25) is 5.02 Å². The summed E-state index contributed by atoms with van der Waals surface area (Å²) in [6.07, 6.45) is 1.57. The first kappa shape index (κ1) is 13.8. The van der Waals surface area contributed by atoms with Crippen molar-refractivity contribution >= 4 is 40.4 Å². The van der Waals surface area contributed by atoms with Gasteiger partial charge in [0.1, 0.15) is 5.82 Å². The van der Waals surface area contributed by atoms with E-state index in [4.69, 9.17) is 23.8 Å². The number of anilines is 2. The van der Waals surface area contributed by atoms with Crippen molar-refractivity contribution in [2.75, 3.05) is 10.6 Å². The smallest absolute Gasteiger partial charge is 0.176 e. The van der Waals surface area contributed by atoms with E-state index in [9.17, 15) is 0 Å². The number of nitrogens with zero attached hydrogens (tertiary/aromatic N) is 1. The summed E-state index contributed by atoms with van der Waals surface area (Å²) in [5.41, 5.74) is 3.43. The Balaban J connectivity index is 2.01. The molecule has 0 unspecified atom stereocenters. The minimum absolute atomic E-state index is 0.498. The van der Waals surface area contributed by atoms with Crippen LogP contribution in [0.1, 0.15) is 11.1 Å². The second-order valence-corrected chi connectivity index (χ2v) is 5.08. The highest BCUT2D eigenvalue weighted by atomic mass is 35.5. The van der Waals surface area contributed by atoms with Gasteiger partial charge in [0.05, 0.1) is 5.02 Å². The monoisotopic (exact) mass is 291 g/mol. The second kappa shape index (κ2) is 5.99. The lowest BCUT2D eigenvalue weighted by Gasteiger charge is -2.11. The number of thiocarbonyl (C=S) groups is 1. The number of benzene rings is 1. The van der Waals surface area contributed by atoms with E-state index in [1.807, 2.05) is 6.07 Å². The van der Waals surface area contributed by atoms with Crippen molar-refractivity contribution in [2.24, 2.45) is 0 Å². The number of hydrogen-bond acceptors (Lipinski definition) is 2. The first-order valence-corrected chi connectivity index (χ1v) is 6.60. The molecule has 2 N–H and O–H groups in total. The van der Waals surface area contributed by atoms with Gasteiger partial charge in [-0.3, -0.25) is 0 Å². The van der Waals surface area contributed by atoms with Crippen LogP contribution in [0, 0.1) is 13.8 Å². The Labute approximate surface area is 123 Å². The van der Waals surface area contributed by atoms with Crippen molar-refractivity contribution in [3.05, 3.63) is 52.7 Å². The fourth-order valence-corrected chi connectivity index (χ4v) is 1.88. The summed E-state index contributed by atoms with van der Waals surface area (Å²) in [4.78, 5) is 4.12. The predicted octanol–water partition coefficient (Wildman–Crippen LogP) is 4.16. The zero-order valence-electron chi connectivity index (χ0n) is 10.7. The van der Waals surface area contributed by atoms with Crippen LogP contribution in [0.3, 0.4) is 0 Å². The van der Waals surface area contributed by atoms with Crippen LogP contribution in [-0.4, -0.2) is 10.1 Å². The number of rotatable bonds is 2. The topological polar surface area (TPSA) is 37.0 Å². The zero-order valence-corrected chi connectivity index (χ0v) is 12.3. The number of pyridine rings is 1. The Bertz CT molecular complexity index is 596. The minimum Gasteiger partial charge on any atom is -0.332 e. The SMILES string of the molecule is Cc1ccc(NC(=S)Nc2ccc(Cl)cn2)cc1C. The van der Waals surface area contributed by atoms with Gasteiger partial charge in [-0.05, 0) is 61.5 Å². The van der Waals surface area contributed by atoms with Gasteiger partial charge in [0.25, 0.3) is 0 Å². The number of aromatic nitrogens is 1. The molecule has 0 aliphatic carbocycles. The molecule has 3 nitrogen and oxygen atoms in total. The maximum absolute atomic E-state index is 5.77. The van der Waals surface area contributed by atoms with Crippen LogP contribution in [0.4, 0.5) is 11.5 Å². The average molecular weight is 292 g/mol. The average Bonchev–Trinajstić information content (AvgIpc) is 2.37. The fourth-order valence-electron chi connectivity index (χ4n) is 1.55. The second-order valence-electron chi connectivity index (χ2n) is 4.24. The highest BCUT2D eigenvalue weighted by molar-refractivity contribution is 7.80. The van der Waals surface area contributed by atoms with Crippen LogP contribution in [-0.2, 0) is 0 Å². The molecule has 0 amide bonds. The number of halogens is 1. The maximum Gasteiger partial charge on any atom is 0.176 e. The molecule has 0 radical (unpaired) electrons. The summed E-state index contributed by atoms with van der Waals surface area (Å²) in [6.45, 7) is 4.14. The maximum atomic E-state index is 5.77. The summed E-state index contributed by atoms with van der Waals surface area (Å²) >= 11 is 11.0. The van der Waals surface area contributed by atoms with E-state index in [2.05, 4.69) is 41.6 Å². The van der Waals surface area contributed by atoms with Gasteiger partial charge < -0.3 is 10.6 Å². The van der Waals surface area contributed by atoms with E-state index in [0.29, 0.717) is 16.0 Å². The van der Waals surface area contributed by atoms with Crippen LogP contribution >= 0.6 is 23.8 Å². The third kappa shape index (κ3) is 3.91. The first-order valence-electron chi connectivity index (χ1n) is 5.81. The van der Waals surface area contributed by atoms with E-state index in [0.717, 1.165) is 5.69 Å². The molecule has 1 heterocycles. The Morgan fingerprint density at radius 3 is 2.53 bits per heavy atom. The number of nitrogens with one attached hydrogen (secondary N) is 2. The molecule has 0 saturated carbocycles. The van der Waals surface area contributed by atoms with E-state index < -0.39 is 0 Å². The molecule has 1 aromatic carbocycles. The minimum atomic E-state index is 0.498. The van der Waals surface area contributed by atoms with Crippen molar-refractivity contribution < 1.29 is 0 Å². The van der Waals surface area contributed by atoms with Crippen molar-refractivity contribution in [2.45, 2.75) is 13.8 Å². The molecule has 2 aromatic rings. The number of hydrogen-bond donors (Lipinski definition) is 2. The lowest BCUT2D eigenvalue weighted by atomic mass is 10.1. The standard InChI is InChI=1S/C14H14ClN3S/c1-9-3-5-12(7-10(9)2)17-14(19)18-13-6-4-11(15)8-16-13/h3-8H,1-2H3,(H2,16,17,18,19). The predicted molar refractivity (Wildman–Crippen MR) is 85.0 cm³/mol. The first-order chi connectivity index (χ1) is 9.04. The summed E-state index contributed by atoms with van der Waals surface area (Å²) in [5.74, 6) is 0.658. The lowest BCUT2D eigenvalue weighted by Crippen LogP contribution is -2.19. The zero-order chi connectivity index (χ0) is 13.8. The lowest BCUT2D eigenvalue weighted by molar-refractivity contribution is 1.32. The Morgan fingerprint density at radius 1 is 1.11 bits per heavy atom.